The number of allylic oxidation sites excluding steroid dienone is 3. The molecular weight excluding hydrogens is 426 g/mol. The summed E-state index contributed by atoms with van der Waals surface area (Å²) in [5, 5.41) is 7.16. The fourth-order valence-electron chi connectivity index (χ4n) is 8.08. The van der Waals surface area contributed by atoms with Crippen LogP contribution in [0.1, 0.15) is 51.4 Å². The first-order chi connectivity index (χ1) is 16.4. The summed E-state index contributed by atoms with van der Waals surface area (Å²) in [6, 6.07) is 0. The Morgan fingerprint density at radius 1 is 1.06 bits per heavy atom. The highest BCUT2D eigenvalue weighted by Crippen LogP contribution is 2.55. The molecule has 0 radical (unpaired) electrons. The third-order valence-electron chi connectivity index (χ3n) is 9.22. The van der Waals surface area contributed by atoms with Crippen LogP contribution in [0.15, 0.2) is 35.8 Å². The molecule has 2 N–H and O–H groups in total. The van der Waals surface area contributed by atoms with E-state index < -0.39 is 0 Å². The molecule has 1 unspecified atom stereocenters. The van der Waals surface area contributed by atoms with Crippen molar-refractivity contribution < 1.29 is 9.59 Å². The van der Waals surface area contributed by atoms with Gasteiger partial charge in [-0.2, -0.15) is 0 Å². The van der Waals surface area contributed by atoms with Gasteiger partial charge in [0.05, 0.1) is 11.4 Å². The van der Waals surface area contributed by atoms with Crippen LogP contribution in [0.25, 0.3) is 0 Å². The van der Waals surface area contributed by atoms with E-state index in [1.54, 1.807) is 4.90 Å². The van der Waals surface area contributed by atoms with Crippen LogP contribution in [0.5, 0.6) is 0 Å². The average molecular weight is 466 g/mol. The zero-order valence-corrected chi connectivity index (χ0v) is 20.6. The molecule has 2 amide bonds. The largest absolute Gasteiger partial charge is 0.358 e. The first-order valence-electron chi connectivity index (χ1n) is 13.3. The summed E-state index contributed by atoms with van der Waals surface area (Å²) in [4.78, 5) is 32.2. The van der Waals surface area contributed by atoms with Crippen LogP contribution in [-0.4, -0.2) is 71.9 Å². The van der Waals surface area contributed by atoms with E-state index in [4.69, 9.17) is 0 Å². The molecule has 7 nitrogen and oxygen atoms in total. The Balaban J connectivity index is 1.11. The normalized spacial score (nSPS) is 36.6. The number of nitrogens with one attached hydrogen (secondary N) is 2. The second-order valence-corrected chi connectivity index (χ2v) is 12.0. The number of fused-ring (bicyclic) bond motifs is 1. The molecule has 4 saturated carbocycles. The maximum absolute atomic E-state index is 13.6. The predicted octanol–water partition coefficient (Wildman–Crippen LogP) is 2.40. The van der Waals surface area contributed by atoms with Crippen molar-refractivity contribution in [2.45, 2.75) is 63.1 Å². The third kappa shape index (κ3) is 3.96. The second-order valence-electron chi connectivity index (χ2n) is 12.0. The Labute approximate surface area is 203 Å². The van der Waals surface area contributed by atoms with Crippen LogP contribution in [0.3, 0.4) is 0 Å². The summed E-state index contributed by atoms with van der Waals surface area (Å²) in [5.74, 6) is 2.93. The van der Waals surface area contributed by atoms with E-state index in [2.05, 4.69) is 32.6 Å². The standard InChI is InChI=1S/C27H39N5O2/c1-30(2)26(34)21-6-9-31(10-7-21)17-22-23-5-3-4-8-32(23)24(28-22)25(33)29-27-14-18-11-19(15-27)13-20(12-18)16-27/h3-5,8,18-21,24,28H,6-7,9-17H2,1-2H3,(H,29,33). The van der Waals surface area contributed by atoms with Gasteiger partial charge in [-0.1, -0.05) is 6.08 Å². The summed E-state index contributed by atoms with van der Waals surface area (Å²) >= 11 is 0. The van der Waals surface area contributed by atoms with Crippen LogP contribution in [0, 0.1) is 23.7 Å². The molecule has 4 aliphatic carbocycles. The van der Waals surface area contributed by atoms with E-state index in [9.17, 15) is 9.59 Å². The van der Waals surface area contributed by atoms with Gasteiger partial charge in [-0.25, -0.2) is 0 Å². The van der Waals surface area contributed by atoms with Gasteiger partial charge in [0.1, 0.15) is 0 Å². The van der Waals surface area contributed by atoms with E-state index in [0.717, 1.165) is 61.6 Å². The molecular formula is C27H39N5O2. The molecule has 0 aromatic carbocycles. The van der Waals surface area contributed by atoms with Crippen molar-refractivity contribution in [3.05, 3.63) is 35.8 Å². The van der Waals surface area contributed by atoms with E-state index in [1.165, 1.54) is 38.5 Å². The van der Waals surface area contributed by atoms with Crippen LogP contribution < -0.4 is 10.6 Å². The molecule has 184 valence electrons. The Bertz CT molecular complexity index is 907. The summed E-state index contributed by atoms with van der Waals surface area (Å²) in [6.07, 6.45) is 17.3. The maximum atomic E-state index is 13.6. The average Bonchev–Trinajstić information content (AvgIpc) is 3.16. The molecule has 5 fully saturated rings. The number of hydrogen-bond donors (Lipinski definition) is 2. The van der Waals surface area contributed by atoms with Crippen molar-refractivity contribution in [2.75, 3.05) is 33.7 Å². The van der Waals surface area contributed by atoms with Gasteiger partial charge >= 0.3 is 0 Å². The lowest BCUT2D eigenvalue weighted by Gasteiger charge is -2.57. The highest BCUT2D eigenvalue weighted by atomic mass is 16.2. The Kier molecular flexibility index (Phi) is 5.51. The van der Waals surface area contributed by atoms with Crippen LogP contribution in [0.4, 0.5) is 0 Å². The number of nitrogens with zero attached hydrogens (tertiary/aromatic N) is 3. The Morgan fingerprint density at radius 2 is 1.71 bits per heavy atom. The monoisotopic (exact) mass is 465 g/mol. The molecule has 7 rings (SSSR count). The van der Waals surface area contributed by atoms with Gasteiger partial charge in [0, 0.05) is 38.3 Å². The molecule has 7 heteroatoms. The van der Waals surface area contributed by atoms with Crippen molar-refractivity contribution in [1.29, 1.82) is 0 Å². The van der Waals surface area contributed by atoms with E-state index >= 15 is 0 Å². The molecule has 7 aliphatic rings. The third-order valence-corrected chi connectivity index (χ3v) is 9.22. The van der Waals surface area contributed by atoms with E-state index in [-0.39, 0.29) is 29.4 Å². The number of carbonyl (C=O) groups excluding carboxylic acids is 2. The molecule has 0 spiro atoms. The molecule has 3 heterocycles. The lowest BCUT2D eigenvalue weighted by Crippen LogP contribution is -2.63. The van der Waals surface area contributed by atoms with Gasteiger partial charge in [0.2, 0.25) is 5.91 Å². The van der Waals surface area contributed by atoms with Gasteiger partial charge in [0.15, 0.2) is 6.17 Å². The fraction of sp³-hybridized carbons (Fsp3) is 0.704. The van der Waals surface area contributed by atoms with Crippen molar-refractivity contribution in [2.24, 2.45) is 23.7 Å². The minimum Gasteiger partial charge on any atom is -0.358 e. The fourth-order valence-corrected chi connectivity index (χ4v) is 8.08. The van der Waals surface area contributed by atoms with Crippen LogP contribution in [-0.2, 0) is 9.59 Å². The van der Waals surface area contributed by atoms with Crippen molar-refractivity contribution in [3.63, 3.8) is 0 Å². The number of likely N-dealkylation sites (tertiary alicyclic amines) is 1. The maximum Gasteiger partial charge on any atom is 0.264 e. The van der Waals surface area contributed by atoms with Crippen molar-refractivity contribution in [3.8, 4) is 0 Å². The molecule has 0 aromatic heterocycles. The van der Waals surface area contributed by atoms with Gasteiger partial charge in [0.25, 0.3) is 5.91 Å². The Hall–Kier alpha value is -2.28. The van der Waals surface area contributed by atoms with E-state index in [0.29, 0.717) is 0 Å². The molecule has 1 saturated heterocycles. The molecule has 3 aliphatic heterocycles. The van der Waals surface area contributed by atoms with Crippen LogP contribution >= 0.6 is 0 Å². The highest BCUT2D eigenvalue weighted by Gasteiger charge is 2.52. The zero-order chi connectivity index (χ0) is 23.4. The SMILES string of the molecule is CN(C)C(=O)C1CCN(CC2=C3C=CC=CN3C(C(=O)NC34CC5CC(CC(C5)C3)C4)N2)CC1. The van der Waals surface area contributed by atoms with Crippen LogP contribution in [0.2, 0.25) is 0 Å². The van der Waals surface area contributed by atoms with Gasteiger partial charge in [-0.3, -0.25) is 14.5 Å². The van der Waals surface area contributed by atoms with E-state index in [1.807, 2.05) is 26.4 Å². The first kappa shape index (κ1) is 22.2. The molecule has 34 heavy (non-hydrogen) atoms. The lowest BCUT2D eigenvalue weighted by molar-refractivity contribution is -0.134. The highest BCUT2D eigenvalue weighted by molar-refractivity contribution is 5.84. The summed E-state index contributed by atoms with van der Waals surface area (Å²) in [5.41, 5.74) is 2.23. The topological polar surface area (TPSA) is 67.9 Å². The quantitative estimate of drug-likeness (QED) is 0.653. The van der Waals surface area contributed by atoms with Crippen molar-refractivity contribution in [1.82, 2.24) is 25.3 Å². The van der Waals surface area contributed by atoms with Gasteiger partial charge in [-0.15, -0.1) is 0 Å². The minimum absolute atomic E-state index is 0.0205. The summed E-state index contributed by atoms with van der Waals surface area (Å²) < 4.78 is 0. The Morgan fingerprint density at radius 3 is 2.32 bits per heavy atom. The number of carbonyl (C=O) groups is 2. The predicted molar refractivity (Wildman–Crippen MR) is 131 cm³/mol. The van der Waals surface area contributed by atoms with Crippen molar-refractivity contribution >= 4 is 11.8 Å². The number of hydrogen-bond acceptors (Lipinski definition) is 5. The molecule has 1 atom stereocenters. The zero-order valence-electron chi connectivity index (χ0n) is 20.6. The van der Waals surface area contributed by atoms with Gasteiger partial charge < -0.3 is 20.4 Å². The smallest absolute Gasteiger partial charge is 0.264 e. The van der Waals surface area contributed by atoms with Gasteiger partial charge in [-0.05, 0) is 94.4 Å². The summed E-state index contributed by atoms with van der Waals surface area (Å²) in [6.45, 7) is 2.60. The number of rotatable bonds is 5. The molecule has 4 bridgehead atoms. The second kappa shape index (κ2) is 8.43. The number of amides is 2. The lowest BCUT2D eigenvalue weighted by atomic mass is 9.53. The minimum atomic E-state index is -0.382. The first-order valence-corrected chi connectivity index (χ1v) is 13.3. The number of piperidine rings is 1. The molecule has 0 aromatic rings. The summed E-state index contributed by atoms with van der Waals surface area (Å²) in [7, 11) is 3.69.